The van der Waals surface area contributed by atoms with Crippen LogP contribution in [0.15, 0.2) is 30.3 Å². The maximum atomic E-state index is 12.6. The Morgan fingerprint density at radius 2 is 1.96 bits per heavy atom. The maximum Gasteiger partial charge on any atom is 0.317 e. The lowest BCUT2D eigenvalue weighted by Crippen LogP contribution is -2.70. The van der Waals surface area contributed by atoms with Crippen LogP contribution in [-0.2, 0) is 16.1 Å². The van der Waals surface area contributed by atoms with Crippen molar-refractivity contribution in [2.75, 3.05) is 26.2 Å². The van der Waals surface area contributed by atoms with Crippen LogP contribution in [-0.4, -0.2) is 65.9 Å². The fraction of sp³-hybridized carbons (Fsp3) is 0.526. The predicted molar refractivity (Wildman–Crippen MR) is 101 cm³/mol. The number of nitrogens with one attached hydrogen (secondary N) is 2. The third-order valence-electron chi connectivity index (χ3n) is 5.10. The Morgan fingerprint density at radius 1 is 1.19 bits per heavy atom. The Kier molecular flexibility index (Phi) is 6.28. The third-order valence-corrected chi connectivity index (χ3v) is 5.10. The Morgan fingerprint density at radius 3 is 2.70 bits per heavy atom. The monoisotopic (exact) mass is 373 g/mol. The molecular weight excluding hydrogens is 346 g/mol. The SMILES string of the molecule is NCCCC[C@@H]1NC(=O)[C@H]2CN(C(=O)NCc3ccccc3)CCN2C1=O. The fourth-order valence-corrected chi connectivity index (χ4v) is 3.56. The molecule has 2 aliphatic heterocycles. The van der Waals surface area contributed by atoms with Crippen LogP contribution < -0.4 is 16.4 Å². The number of unbranched alkanes of at least 4 members (excludes halogenated alkanes) is 1. The molecule has 3 rings (SSSR count). The minimum Gasteiger partial charge on any atom is -0.342 e. The molecule has 2 heterocycles. The fourth-order valence-electron chi connectivity index (χ4n) is 3.56. The minimum absolute atomic E-state index is 0.0547. The first kappa shape index (κ1) is 19.2. The summed E-state index contributed by atoms with van der Waals surface area (Å²) in [5.74, 6) is -0.242. The van der Waals surface area contributed by atoms with Crippen molar-refractivity contribution in [3.8, 4) is 0 Å². The summed E-state index contributed by atoms with van der Waals surface area (Å²) in [5, 5.41) is 5.69. The van der Waals surface area contributed by atoms with E-state index in [4.69, 9.17) is 5.73 Å². The van der Waals surface area contributed by atoms with E-state index in [9.17, 15) is 14.4 Å². The largest absolute Gasteiger partial charge is 0.342 e. The number of fused-ring (bicyclic) bond motifs is 1. The van der Waals surface area contributed by atoms with Crippen LogP contribution in [0.3, 0.4) is 0 Å². The number of benzene rings is 1. The van der Waals surface area contributed by atoms with Gasteiger partial charge in [0.15, 0.2) is 0 Å². The first-order valence-corrected chi connectivity index (χ1v) is 9.48. The van der Waals surface area contributed by atoms with Gasteiger partial charge >= 0.3 is 6.03 Å². The molecule has 2 atom stereocenters. The number of amides is 4. The first-order chi connectivity index (χ1) is 13.1. The number of nitrogens with zero attached hydrogens (tertiary/aromatic N) is 2. The van der Waals surface area contributed by atoms with Crippen LogP contribution in [0.25, 0.3) is 0 Å². The van der Waals surface area contributed by atoms with Crippen LogP contribution >= 0.6 is 0 Å². The molecule has 2 fully saturated rings. The molecular formula is C19H27N5O3. The van der Waals surface area contributed by atoms with Gasteiger partial charge in [0.1, 0.15) is 12.1 Å². The lowest BCUT2D eigenvalue weighted by molar-refractivity contribution is -0.152. The van der Waals surface area contributed by atoms with Gasteiger partial charge < -0.3 is 26.2 Å². The highest BCUT2D eigenvalue weighted by atomic mass is 16.2. The second-order valence-electron chi connectivity index (χ2n) is 6.98. The topological polar surface area (TPSA) is 108 Å². The van der Waals surface area contributed by atoms with Gasteiger partial charge in [-0.05, 0) is 31.4 Å². The van der Waals surface area contributed by atoms with E-state index in [2.05, 4.69) is 10.6 Å². The predicted octanol–water partition coefficient (Wildman–Crippen LogP) is 0.0364. The van der Waals surface area contributed by atoms with Crippen molar-refractivity contribution in [3.05, 3.63) is 35.9 Å². The Hall–Kier alpha value is -2.61. The van der Waals surface area contributed by atoms with Gasteiger partial charge in [0.25, 0.3) is 0 Å². The van der Waals surface area contributed by atoms with Gasteiger partial charge in [-0.15, -0.1) is 0 Å². The maximum absolute atomic E-state index is 12.6. The quantitative estimate of drug-likeness (QED) is 0.612. The zero-order valence-electron chi connectivity index (χ0n) is 15.4. The highest BCUT2D eigenvalue weighted by molar-refractivity contribution is 5.97. The molecule has 8 nitrogen and oxygen atoms in total. The summed E-state index contributed by atoms with van der Waals surface area (Å²) in [6.07, 6.45) is 2.24. The zero-order chi connectivity index (χ0) is 19.2. The van der Waals surface area contributed by atoms with E-state index in [1.807, 2.05) is 30.3 Å². The Bertz CT molecular complexity index is 681. The zero-order valence-corrected chi connectivity index (χ0v) is 15.4. The summed E-state index contributed by atoms with van der Waals surface area (Å²) in [4.78, 5) is 40.8. The number of urea groups is 1. The lowest BCUT2D eigenvalue weighted by Gasteiger charge is -2.45. The normalized spacial score (nSPS) is 22.3. The van der Waals surface area contributed by atoms with Gasteiger partial charge in [0.2, 0.25) is 11.8 Å². The molecule has 27 heavy (non-hydrogen) atoms. The number of nitrogens with two attached hydrogens (primary N) is 1. The van der Waals surface area contributed by atoms with Crippen molar-refractivity contribution >= 4 is 17.8 Å². The second kappa shape index (κ2) is 8.85. The van der Waals surface area contributed by atoms with Crippen LogP contribution in [0.4, 0.5) is 4.79 Å². The Balaban J connectivity index is 1.54. The van der Waals surface area contributed by atoms with Gasteiger partial charge in [-0.3, -0.25) is 9.59 Å². The van der Waals surface area contributed by atoms with E-state index in [1.54, 1.807) is 9.80 Å². The molecule has 0 aromatic heterocycles. The standard InChI is InChI=1S/C19H27N5O3/c20-9-5-4-8-15-18(26)24-11-10-23(13-16(24)17(25)22-15)19(27)21-12-14-6-2-1-3-7-14/h1-3,6-7,15-16H,4-5,8-13,20H2,(H,21,27)(H,22,25)/t15-,16+/m0/s1. The number of hydrogen-bond acceptors (Lipinski definition) is 4. The van der Waals surface area contributed by atoms with E-state index < -0.39 is 12.1 Å². The van der Waals surface area contributed by atoms with Crippen molar-refractivity contribution in [3.63, 3.8) is 0 Å². The molecule has 0 radical (unpaired) electrons. The smallest absolute Gasteiger partial charge is 0.317 e. The molecule has 0 bridgehead atoms. The molecule has 4 N–H and O–H groups in total. The number of carbonyl (C=O) groups is 3. The molecule has 1 aromatic rings. The van der Waals surface area contributed by atoms with E-state index in [-0.39, 0.29) is 24.4 Å². The number of piperazine rings is 2. The highest BCUT2D eigenvalue weighted by Crippen LogP contribution is 2.18. The van der Waals surface area contributed by atoms with E-state index in [1.165, 1.54) is 0 Å². The van der Waals surface area contributed by atoms with Gasteiger partial charge in [0, 0.05) is 19.6 Å². The number of hydrogen-bond donors (Lipinski definition) is 3. The number of carbonyl (C=O) groups excluding carboxylic acids is 3. The van der Waals surface area contributed by atoms with Crippen molar-refractivity contribution in [2.24, 2.45) is 5.73 Å². The number of rotatable bonds is 6. The summed E-state index contributed by atoms with van der Waals surface area (Å²) in [6, 6.07) is 8.34. The third kappa shape index (κ3) is 4.57. The van der Waals surface area contributed by atoms with Gasteiger partial charge in [0.05, 0.1) is 6.54 Å². The molecule has 0 aliphatic carbocycles. The van der Waals surface area contributed by atoms with Crippen molar-refractivity contribution < 1.29 is 14.4 Å². The summed E-state index contributed by atoms with van der Waals surface area (Å²) < 4.78 is 0. The molecule has 1 aromatic carbocycles. The first-order valence-electron chi connectivity index (χ1n) is 9.48. The van der Waals surface area contributed by atoms with Crippen molar-refractivity contribution in [1.29, 1.82) is 0 Å². The Labute approximate surface area is 159 Å². The summed E-state index contributed by atoms with van der Waals surface area (Å²) in [5.41, 5.74) is 6.50. The van der Waals surface area contributed by atoms with E-state index in [0.29, 0.717) is 32.6 Å². The molecule has 8 heteroatoms. The second-order valence-corrected chi connectivity index (χ2v) is 6.98. The molecule has 146 valence electrons. The van der Waals surface area contributed by atoms with Gasteiger partial charge in [-0.2, -0.15) is 0 Å². The molecule has 2 saturated heterocycles. The average Bonchev–Trinajstić information content (AvgIpc) is 2.70. The molecule has 4 amide bonds. The molecule has 0 spiro atoms. The van der Waals surface area contributed by atoms with Crippen LogP contribution in [0.2, 0.25) is 0 Å². The van der Waals surface area contributed by atoms with Crippen molar-refractivity contribution in [1.82, 2.24) is 20.4 Å². The summed E-state index contributed by atoms with van der Waals surface area (Å²) >= 11 is 0. The van der Waals surface area contributed by atoms with E-state index in [0.717, 1.165) is 18.4 Å². The van der Waals surface area contributed by atoms with Gasteiger partial charge in [-0.1, -0.05) is 30.3 Å². The minimum atomic E-state index is -0.612. The molecule has 0 saturated carbocycles. The molecule has 2 aliphatic rings. The lowest BCUT2D eigenvalue weighted by atomic mass is 10.0. The van der Waals surface area contributed by atoms with Gasteiger partial charge in [-0.25, -0.2) is 4.79 Å². The van der Waals surface area contributed by atoms with Crippen LogP contribution in [0.5, 0.6) is 0 Å². The van der Waals surface area contributed by atoms with Crippen LogP contribution in [0, 0.1) is 0 Å². The molecule has 0 unspecified atom stereocenters. The van der Waals surface area contributed by atoms with Crippen molar-refractivity contribution in [2.45, 2.75) is 37.9 Å². The van der Waals surface area contributed by atoms with Crippen LogP contribution in [0.1, 0.15) is 24.8 Å². The van der Waals surface area contributed by atoms with E-state index >= 15 is 0 Å². The summed E-state index contributed by atoms with van der Waals surface area (Å²) in [6.45, 7) is 2.02. The average molecular weight is 373 g/mol. The highest BCUT2D eigenvalue weighted by Gasteiger charge is 2.43. The summed E-state index contributed by atoms with van der Waals surface area (Å²) in [7, 11) is 0.